The Morgan fingerprint density at radius 2 is 1.96 bits per heavy atom. The van der Waals surface area contributed by atoms with Gasteiger partial charge in [-0.05, 0) is 43.9 Å². The summed E-state index contributed by atoms with van der Waals surface area (Å²) >= 11 is 0. The minimum Gasteiger partial charge on any atom is -0.465 e. The minimum absolute atomic E-state index is 0.159. The van der Waals surface area contributed by atoms with Crippen molar-refractivity contribution in [1.82, 2.24) is 10.2 Å². The number of esters is 1. The molecule has 1 spiro atoms. The smallest absolute Gasteiger partial charge is 0.337 e. The fourth-order valence-electron chi connectivity index (χ4n) is 3.81. The number of nitrogens with one attached hydrogen (secondary N) is 2. The molecule has 0 aromatic heterocycles. The van der Waals surface area contributed by atoms with Crippen LogP contribution in [0.2, 0.25) is 0 Å². The van der Waals surface area contributed by atoms with Gasteiger partial charge in [0.1, 0.15) is 5.54 Å². The fourth-order valence-corrected chi connectivity index (χ4v) is 3.81. The molecule has 1 aliphatic carbocycles. The molecule has 1 aromatic rings. The van der Waals surface area contributed by atoms with E-state index in [1.54, 1.807) is 18.2 Å². The predicted octanol–water partition coefficient (Wildman–Crippen LogP) is 2.36. The van der Waals surface area contributed by atoms with Crippen LogP contribution in [0.3, 0.4) is 0 Å². The summed E-state index contributed by atoms with van der Waals surface area (Å²) in [6, 6.07) is 4.57. The number of ether oxygens (including phenoxy) is 1. The summed E-state index contributed by atoms with van der Waals surface area (Å²) in [4.78, 5) is 49.9. The number of benzene rings is 1. The van der Waals surface area contributed by atoms with Crippen molar-refractivity contribution < 1.29 is 23.9 Å². The molecule has 2 N–H and O–H groups in total. The number of carbonyl (C=O) groups is 4. The maximum absolute atomic E-state index is 12.6. The Balaban J connectivity index is 1.53. The van der Waals surface area contributed by atoms with E-state index in [2.05, 4.69) is 10.6 Å². The SMILES string of the molecule is COC(=O)c1ccc(C)c(NC(=O)CCCN2C(=O)NC3(CCCC3)C2=O)c1. The van der Waals surface area contributed by atoms with E-state index < -0.39 is 11.5 Å². The molecule has 150 valence electrons. The second-order valence-corrected chi connectivity index (χ2v) is 7.35. The predicted molar refractivity (Wildman–Crippen MR) is 102 cm³/mol. The third-order valence-electron chi connectivity index (χ3n) is 5.42. The summed E-state index contributed by atoms with van der Waals surface area (Å²) in [5, 5.41) is 5.61. The highest BCUT2D eigenvalue weighted by Crippen LogP contribution is 2.35. The van der Waals surface area contributed by atoms with Crippen LogP contribution in [0.25, 0.3) is 0 Å². The number of aryl methyl sites for hydroxylation is 1. The van der Waals surface area contributed by atoms with E-state index >= 15 is 0 Å². The standard InChI is InChI=1S/C20H25N3O5/c1-13-7-8-14(17(25)28-2)12-15(13)21-16(24)6-5-11-23-18(26)20(22-19(23)27)9-3-4-10-20/h7-8,12H,3-6,9-11H2,1-2H3,(H,21,24)(H,22,27). The maximum atomic E-state index is 12.6. The van der Waals surface area contributed by atoms with Crippen LogP contribution in [0.4, 0.5) is 10.5 Å². The van der Waals surface area contributed by atoms with Crippen LogP contribution in [0.1, 0.15) is 54.4 Å². The van der Waals surface area contributed by atoms with E-state index in [-0.39, 0.29) is 30.8 Å². The van der Waals surface area contributed by atoms with Gasteiger partial charge < -0.3 is 15.4 Å². The van der Waals surface area contributed by atoms with Gasteiger partial charge in [0.15, 0.2) is 0 Å². The van der Waals surface area contributed by atoms with Gasteiger partial charge >= 0.3 is 12.0 Å². The van der Waals surface area contributed by atoms with Crippen molar-refractivity contribution in [3.63, 3.8) is 0 Å². The van der Waals surface area contributed by atoms with Crippen LogP contribution in [0.15, 0.2) is 18.2 Å². The summed E-state index contributed by atoms with van der Waals surface area (Å²) in [5.74, 6) is -0.889. The third-order valence-corrected chi connectivity index (χ3v) is 5.42. The molecule has 4 amide bonds. The maximum Gasteiger partial charge on any atom is 0.337 e. The van der Waals surface area contributed by atoms with Crippen molar-refractivity contribution in [2.24, 2.45) is 0 Å². The summed E-state index contributed by atoms with van der Waals surface area (Å²) in [6.45, 7) is 2.03. The van der Waals surface area contributed by atoms with Crippen LogP contribution in [0.5, 0.6) is 0 Å². The first-order chi connectivity index (χ1) is 13.4. The Labute approximate surface area is 163 Å². The lowest BCUT2D eigenvalue weighted by atomic mass is 9.98. The number of anilines is 1. The molecule has 0 bridgehead atoms. The fraction of sp³-hybridized carbons (Fsp3) is 0.500. The lowest BCUT2D eigenvalue weighted by molar-refractivity contribution is -0.131. The largest absolute Gasteiger partial charge is 0.465 e. The summed E-state index contributed by atoms with van der Waals surface area (Å²) in [7, 11) is 1.30. The Morgan fingerprint density at radius 1 is 1.25 bits per heavy atom. The molecule has 1 aromatic carbocycles. The van der Waals surface area contributed by atoms with Gasteiger partial charge in [0.05, 0.1) is 12.7 Å². The first-order valence-corrected chi connectivity index (χ1v) is 9.49. The zero-order valence-electron chi connectivity index (χ0n) is 16.2. The van der Waals surface area contributed by atoms with E-state index in [1.807, 2.05) is 6.92 Å². The quantitative estimate of drug-likeness (QED) is 0.576. The molecule has 1 saturated carbocycles. The zero-order chi connectivity index (χ0) is 20.3. The van der Waals surface area contributed by atoms with Gasteiger partial charge in [-0.15, -0.1) is 0 Å². The highest BCUT2D eigenvalue weighted by molar-refractivity contribution is 6.07. The van der Waals surface area contributed by atoms with Crippen molar-refractivity contribution >= 4 is 29.5 Å². The highest BCUT2D eigenvalue weighted by atomic mass is 16.5. The van der Waals surface area contributed by atoms with Gasteiger partial charge in [-0.1, -0.05) is 18.9 Å². The number of methoxy groups -OCH3 is 1. The number of hydrogen-bond donors (Lipinski definition) is 2. The van der Waals surface area contributed by atoms with Crippen molar-refractivity contribution in [1.29, 1.82) is 0 Å². The normalized spacial score (nSPS) is 17.7. The van der Waals surface area contributed by atoms with E-state index in [0.717, 1.165) is 18.4 Å². The first kappa shape index (κ1) is 19.9. The molecular formula is C20H25N3O5. The first-order valence-electron chi connectivity index (χ1n) is 9.49. The second kappa shape index (κ2) is 8.00. The van der Waals surface area contributed by atoms with E-state index in [0.29, 0.717) is 30.5 Å². The van der Waals surface area contributed by atoms with E-state index in [1.165, 1.54) is 12.0 Å². The molecule has 0 unspecified atom stereocenters. The zero-order valence-corrected chi connectivity index (χ0v) is 16.2. The van der Waals surface area contributed by atoms with E-state index in [9.17, 15) is 19.2 Å². The minimum atomic E-state index is -0.717. The summed E-state index contributed by atoms with van der Waals surface area (Å²) in [6.07, 6.45) is 3.77. The molecule has 3 rings (SSSR count). The second-order valence-electron chi connectivity index (χ2n) is 7.35. The van der Waals surface area contributed by atoms with Crippen molar-refractivity contribution in [3.8, 4) is 0 Å². The number of amides is 4. The molecule has 2 aliphatic rings. The topological polar surface area (TPSA) is 105 Å². The van der Waals surface area contributed by atoms with Gasteiger partial charge in [-0.2, -0.15) is 0 Å². The molecule has 2 fully saturated rings. The number of urea groups is 1. The Hall–Kier alpha value is -2.90. The van der Waals surface area contributed by atoms with Crippen LogP contribution in [0, 0.1) is 6.92 Å². The lowest BCUT2D eigenvalue weighted by Crippen LogP contribution is -2.44. The molecule has 1 heterocycles. The van der Waals surface area contributed by atoms with Crippen LogP contribution < -0.4 is 10.6 Å². The molecular weight excluding hydrogens is 362 g/mol. The van der Waals surface area contributed by atoms with Crippen molar-refractivity contribution in [2.45, 2.75) is 51.0 Å². The molecule has 0 atom stereocenters. The Kier molecular flexibility index (Phi) is 5.67. The van der Waals surface area contributed by atoms with Gasteiger partial charge in [-0.25, -0.2) is 9.59 Å². The van der Waals surface area contributed by atoms with E-state index in [4.69, 9.17) is 4.74 Å². The van der Waals surface area contributed by atoms with Crippen LogP contribution >= 0.6 is 0 Å². The third kappa shape index (κ3) is 3.85. The molecule has 0 radical (unpaired) electrons. The number of carbonyl (C=O) groups excluding carboxylic acids is 4. The average molecular weight is 387 g/mol. The van der Waals surface area contributed by atoms with Gasteiger partial charge in [0, 0.05) is 18.7 Å². The number of rotatable bonds is 6. The number of imide groups is 1. The van der Waals surface area contributed by atoms with Crippen molar-refractivity contribution in [3.05, 3.63) is 29.3 Å². The Morgan fingerprint density at radius 3 is 2.64 bits per heavy atom. The van der Waals surface area contributed by atoms with Crippen molar-refractivity contribution in [2.75, 3.05) is 19.0 Å². The number of nitrogens with zero attached hydrogens (tertiary/aromatic N) is 1. The molecule has 8 heteroatoms. The summed E-state index contributed by atoms with van der Waals surface area (Å²) in [5.41, 5.74) is 0.987. The lowest BCUT2D eigenvalue weighted by Gasteiger charge is -2.20. The van der Waals surface area contributed by atoms with Gasteiger partial charge in [0.2, 0.25) is 5.91 Å². The average Bonchev–Trinajstić information content (AvgIpc) is 3.23. The Bertz CT molecular complexity index is 814. The highest BCUT2D eigenvalue weighted by Gasteiger charge is 2.51. The molecule has 1 saturated heterocycles. The molecule has 8 nitrogen and oxygen atoms in total. The monoisotopic (exact) mass is 387 g/mol. The van der Waals surface area contributed by atoms with Gasteiger partial charge in [0.25, 0.3) is 5.91 Å². The van der Waals surface area contributed by atoms with Crippen LogP contribution in [-0.4, -0.2) is 47.9 Å². The van der Waals surface area contributed by atoms with Gasteiger partial charge in [-0.3, -0.25) is 14.5 Å². The number of hydrogen-bond acceptors (Lipinski definition) is 5. The van der Waals surface area contributed by atoms with Crippen LogP contribution in [-0.2, 0) is 14.3 Å². The summed E-state index contributed by atoms with van der Waals surface area (Å²) < 4.78 is 4.69. The molecule has 28 heavy (non-hydrogen) atoms. The molecule has 1 aliphatic heterocycles.